The molecule has 2 heterocycles. The fraction of sp³-hybridized carbons (Fsp3) is 0.233. The summed E-state index contributed by atoms with van der Waals surface area (Å²) in [7, 11) is 3.28. The van der Waals surface area contributed by atoms with Crippen molar-refractivity contribution in [1.82, 2.24) is 9.13 Å². The van der Waals surface area contributed by atoms with Crippen LogP contribution in [0.25, 0.3) is 0 Å². The van der Waals surface area contributed by atoms with E-state index in [1.54, 1.807) is 39.1 Å². The van der Waals surface area contributed by atoms with E-state index < -0.39 is 29.7 Å². The van der Waals surface area contributed by atoms with E-state index >= 15 is 0 Å². The van der Waals surface area contributed by atoms with Crippen LogP contribution in [0.15, 0.2) is 209 Å². The third-order valence-electron chi connectivity index (χ3n) is 12.7. The molecule has 0 unspecified atom stereocenters. The van der Waals surface area contributed by atoms with Gasteiger partial charge in [0.2, 0.25) is 0 Å². The molecule has 3 atom stereocenters. The minimum Gasteiger partial charge on any atom is -0.497 e. The second-order valence-corrected chi connectivity index (χ2v) is 18.7. The van der Waals surface area contributed by atoms with Crippen molar-refractivity contribution in [1.29, 1.82) is 0 Å². The molecule has 0 N–H and O–H groups in total. The van der Waals surface area contributed by atoms with Crippen molar-refractivity contribution in [2.24, 2.45) is 0 Å². The molecule has 0 saturated carbocycles. The number of nitrogens with zero attached hydrogens (tertiary/aromatic N) is 2. The quantitative estimate of drug-likeness (QED) is 0.0481. The normalized spacial score (nSPS) is 15.5. The molecule has 1 aliphatic heterocycles. The van der Waals surface area contributed by atoms with Crippen molar-refractivity contribution in [3.8, 4) is 23.0 Å². The summed E-state index contributed by atoms with van der Waals surface area (Å²) < 4.78 is 48.0. The molecule has 72 heavy (non-hydrogen) atoms. The van der Waals surface area contributed by atoms with Gasteiger partial charge in [-0.25, -0.2) is 4.79 Å². The van der Waals surface area contributed by atoms with E-state index in [9.17, 15) is 9.59 Å². The largest absolute Gasteiger partial charge is 0.497 e. The van der Waals surface area contributed by atoms with E-state index in [1.165, 1.54) is 9.13 Å². The Hall–Kier alpha value is -7.35. The van der Waals surface area contributed by atoms with E-state index in [1.807, 2.05) is 176 Å². The maximum Gasteiger partial charge on any atom is 0.333 e. The standard InChI is InChI=1S/C60H58N2O9S/c1-43-38-62(59(64)61(58(43)63)34-35-72-52-22-14-7-15-23-52)57-37-55(71-60(47-20-12-6-13-21-47,48-25-29-50(65-2)30-26-48)49-27-31-51(66-3)32-28-49)56(70-57)42-67-39-46-24-33-53(68-40-44-16-8-4-9-17-44)54(36-46)69-41-45-18-10-5-11-19-45/h4-33,36,38,55-57H,34-35,37,39-42H2,1-3H3/t55-,56+,57+/m0/s1. The van der Waals surface area contributed by atoms with Gasteiger partial charge < -0.3 is 33.2 Å². The van der Waals surface area contributed by atoms with Gasteiger partial charge in [-0.05, 0) is 88.8 Å². The summed E-state index contributed by atoms with van der Waals surface area (Å²) in [6.45, 7) is 2.99. The van der Waals surface area contributed by atoms with Crippen LogP contribution in [0.4, 0.5) is 0 Å². The second kappa shape index (κ2) is 23.7. The van der Waals surface area contributed by atoms with Crippen LogP contribution in [-0.2, 0) is 46.2 Å². The highest BCUT2D eigenvalue weighted by molar-refractivity contribution is 7.99. The van der Waals surface area contributed by atoms with Crippen LogP contribution < -0.4 is 30.2 Å². The molecule has 0 aliphatic carbocycles. The molecule has 368 valence electrons. The third kappa shape index (κ3) is 11.7. The Labute approximate surface area is 424 Å². The summed E-state index contributed by atoms with van der Waals surface area (Å²) in [5.74, 6) is 3.13. The van der Waals surface area contributed by atoms with Crippen molar-refractivity contribution in [2.45, 2.75) is 68.6 Å². The minimum atomic E-state index is -1.20. The molecule has 1 aliphatic rings. The van der Waals surface area contributed by atoms with Crippen molar-refractivity contribution < 1.29 is 33.2 Å². The predicted octanol–water partition coefficient (Wildman–Crippen LogP) is 11.2. The Bertz CT molecular complexity index is 3050. The lowest BCUT2D eigenvalue weighted by atomic mass is 9.79. The first-order valence-corrected chi connectivity index (χ1v) is 25.0. The number of rotatable bonds is 22. The van der Waals surface area contributed by atoms with Crippen LogP contribution in [0, 0.1) is 6.92 Å². The highest BCUT2D eigenvalue weighted by Crippen LogP contribution is 2.46. The number of benzene rings is 7. The SMILES string of the molecule is COc1ccc(C(O[C@H]2C[C@H](n3cc(C)c(=O)n(CCSc4ccccc4)c3=O)O[C@@H]2COCc2ccc(OCc3ccccc3)c(OCc3ccccc3)c2)(c2ccccc2)c2ccc(OC)cc2)cc1. The maximum atomic E-state index is 14.5. The summed E-state index contributed by atoms with van der Waals surface area (Å²) in [5, 5.41) is 0. The number of aromatic nitrogens is 2. The van der Waals surface area contributed by atoms with Gasteiger partial charge in [0.1, 0.15) is 42.6 Å². The summed E-state index contributed by atoms with van der Waals surface area (Å²) in [6, 6.07) is 61.6. The molecule has 7 aromatic carbocycles. The van der Waals surface area contributed by atoms with E-state index in [4.69, 9.17) is 33.2 Å². The fourth-order valence-electron chi connectivity index (χ4n) is 8.97. The molecule has 12 heteroatoms. The number of aryl methyl sites for hydroxylation is 1. The Morgan fingerprint density at radius 3 is 1.74 bits per heavy atom. The van der Waals surface area contributed by atoms with Crippen molar-refractivity contribution >= 4 is 11.8 Å². The van der Waals surface area contributed by atoms with Crippen LogP contribution in [0.3, 0.4) is 0 Å². The Morgan fingerprint density at radius 2 is 1.15 bits per heavy atom. The molecule has 9 rings (SSSR count). The van der Waals surface area contributed by atoms with Gasteiger partial charge in [0, 0.05) is 35.4 Å². The first-order chi connectivity index (χ1) is 35.3. The monoisotopic (exact) mass is 982 g/mol. The van der Waals surface area contributed by atoms with Crippen molar-refractivity contribution in [2.75, 3.05) is 26.6 Å². The van der Waals surface area contributed by atoms with Crippen LogP contribution in [0.2, 0.25) is 0 Å². The molecule has 0 spiro atoms. The Morgan fingerprint density at radius 1 is 0.611 bits per heavy atom. The first-order valence-electron chi connectivity index (χ1n) is 24.0. The maximum absolute atomic E-state index is 14.5. The molecule has 1 fully saturated rings. The number of hydrogen-bond donors (Lipinski definition) is 0. The van der Waals surface area contributed by atoms with Crippen molar-refractivity contribution in [3.05, 3.63) is 254 Å². The van der Waals surface area contributed by atoms with Gasteiger partial charge in [-0.1, -0.05) is 140 Å². The van der Waals surface area contributed by atoms with Crippen LogP contribution >= 0.6 is 11.8 Å². The molecule has 1 aromatic heterocycles. The molecule has 0 bridgehead atoms. The van der Waals surface area contributed by atoms with Gasteiger partial charge >= 0.3 is 5.69 Å². The molecule has 0 radical (unpaired) electrons. The van der Waals surface area contributed by atoms with Gasteiger partial charge in [0.25, 0.3) is 5.56 Å². The highest BCUT2D eigenvalue weighted by Gasteiger charge is 2.46. The third-order valence-corrected chi connectivity index (χ3v) is 13.7. The molecular weight excluding hydrogens is 925 g/mol. The number of hydrogen-bond acceptors (Lipinski definition) is 10. The van der Waals surface area contributed by atoms with E-state index in [-0.39, 0.29) is 31.7 Å². The van der Waals surface area contributed by atoms with E-state index in [0.717, 1.165) is 38.3 Å². The average molecular weight is 983 g/mol. The number of thioether (sulfide) groups is 1. The lowest BCUT2D eigenvalue weighted by Crippen LogP contribution is -2.42. The summed E-state index contributed by atoms with van der Waals surface area (Å²) in [5.41, 5.74) is 3.93. The average Bonchev–Trinajstić information content (AvgIpc) is 3.83. The molecular formula is C60H58N2O9S. The molecule has 8 aromatic rings. The highest BCUT2D eigenvalue weighted by atomic mass is 32.2. The zero-order valence-electron chi connectivity index (χ0n) is 40.6. The van der Waals surface area contributed by atoms with Gasteiger partial charge in [0.15, 0.2) is 11.5 Å². The van der Waals surface area contributed by atoms with Crippen molar-refractivity contribution in [3.63, 3.8) is 0 Å². The lowest BCUT2D eigenvalue weighted by Gasteiger charge is -2.39. The summed E-state index contributed by atoms with van der Waals surface area (Å²) in [6.07, 6.45) is -0.275. The van der Waals surface area contributed by atoms with Gasteiger partial charge in [-0.15, -0.1) is 11.8 Å². The Kier molecular flexibility index (Phi) is 16.3. The van der Waals surface area contributed by atoms with E-state index in [0.29, 0.717) is 47.5 Å². The smallest absolute Gasteiger partial charge is 0.333 e. The van der Waals surface area contributed by atoms with E-state index in [2.05, 4.69) is 12.1 Å². The minimum absolute atomic E-state index is 0.102. The van der Waals surface area contributed by atoms with Crippen LogP contribution in [-0.4, -0.2) is 47.9 Å². The number of ether oxygens (including phenoxy) is 7. The summed E-state index contributed by atoms with van der Waals surface area (Å²) >= 11 is 1.59. The Balaban J connectivity index is 1.05. The molecule has 1 saturated heterocycles. The van der Waals surface area contributed by atoms with Gasteiger partial charge in [0.05, 0.1) is 33.5 Å². The lowest BCUT2D eigenvalue weighted by molar-refractivity contribution is -0.111. The fourth-order valence-corrected chi connectivity index (χ4v) is 9.83. The van der Waals surface area contributed by atoms with Gasteiger partial charge in [-0.2, -0.15) is 0 Å². The zero-order valence-corrected chi connectivity index (χ0v) is 41.5. The predicted molar refractivity (Wildman–Crippen MR) is 280 cm³/mol. The second-order valence-electron chi connectivity index (χ2n) is 17.5. The summed E-state index contributed by atoms with van der Waals surface area (Å²) in [4.78, 5) is 29.2. The van der Waals surface area contributed by atoms with Crippen LogP contribution in [0.5, 0.6) is 23.0 Å². The zero-order chi connectivity index (χ0) is 49.7. The van der Waals surface area contributed by atoms with Gasteiger partial charge in [-0.3, -0.25) is 13.9 Å². The van der Waals surface area contributed by atoms with Crippen LogP contribution in [0.1, 0.15) is 51.6 Å². The first kappa shape index (κ1) is 49.6. The number of methoxy groups -OCH3 is 2. The molecule has 11 nitrogen and oxygen atoms in total. The topological polar surface area (TPSA) is 109 Å². The molecule has 0 amide bonds.